The quantitative estimate of drug-likeness (QED) is 0.210. The van der Waals surface area contributed by atoms with Crippen molar-refractivity contribution in [2.24, 2.45) is 4.99 Å². The van der Waals surface area contributed by atoms with Crippen molar-refractivity contribution >= 4 is 35.6 Å². The summed E-state index contributed by atoms with van der Waals surface area (Å²) in [6, 6.07) is 11.7. The number of guanidine groups is 1. The van der Waals surface area contributed by atoms with Gasteiger partial charge in [0.05, 0.1) is 14.2 Å². The number of aryl methyl sites for hydroxylation is 1. The van der Waals surface area contributed by atoms with Crippen molar-refractivity contribution in [1.82, 2.24) is 25.2 Å². The van der Waals surface area contributed by atoms with Crippen molar-refractivity contribution in [2.45, 2.75) is 19.4 Å². The molecule has 0 aliphatic rings. The molecule has 0 radical (unpaired) electrons. The zero-order chi connectivity index (χ0) is 19.8. The van der Waals surface area contributed by atoms with Crippen molar-refractivity contribution in [3.63, 3.8) is 0 Å². The summed E-state index contributed by atoms with van der Waals surface area (Å²) >= 11 is 0. The van der Waals surface area contributed by atoms with Crippen LogP contribution in [0, 0.1) is 0 Å². The lowest BCUT2D eigenvalue weighted by molar-refractivity contribution is 0.390. The average Bonchev–Trinajstić information content (AvgIpc) is 3.16. The maximum absolute atomic E-state index is 5.43. The zero-order valence-corrected chi connectivity index (χ0v) is 19.2. The zero-order valence-electron chi connectivity index (χ0n) is 16.9. The average molecular weight is 510 g/mol. The second kappa shape index (κ2) is 11.4. The van der Waals surface area contributed by atoms with Crippen LogP contribution in [0.15, 0.2) is 47.6 Å². The molecular weight excluding hydrogens is 483 g/mol. The molecule has 0 aliphatic carbocycles. The fourth-order valence-electron chi connectivity index (χ4n) is 2.91. The third-order valence-electron chi connectivity index (χ3n) is 4.42. The number of benzene rings is 1. The lowest BCUT2D eigenvalue weighted by atomic mass is 10.2. The monoisotopic (exact) mass is 510 g/mol. The Balaban J connectivity index is 0.00000300. The number of aliphatic imine (C=N–C) groups is 1. The van der Waals surface area contributed by atoms with Crippen LogP contribution in [0.4, 0.5) is 0 Å². The van der Waals surface area contributed by atoms with Gasteiger partial charge in [-0.25, -0.2) is 0 Å². The first-order chi connectivity index (χ1) is 13.7. The normalized spacial score (nSPS) is 11.1. The van der Waals surface area contributed by atoms with E-state index in [0.717, 1.165) is 53.9 Å². The second-order valence-corrected chi connectivity index (χ2v) is 6.18. The Kier molecular flexibility index (Phi) is 8.97. The van der Waals surface area contributed by atoms with Gasteiger partial charge in [0.15, 0.2) is 11.6 Å². The highest BCUT2D eigenvalue weighted by molar-refractivity contribution is 14.0. The highest BCUT2D eigenvalue weighted by Crippen LogP contribution is 2.24. The number of nitrogens with zero attached hydrogens (tertiary/aromatic N) is 4. The first-order valence-corrected chi connectivity index (χ1v) is 9.19. The summed E-state index contributed by atoms with van der Waals surface area (Å²) in [5, 5.41) is 15.1. The number of rotatable bonds is 8. The highest BCUT2D eigenvalue weighted by atomic mass is 127. The van der Waals surface area contributed by atoms with Crippen LogP contribution in [0.3, 0.4) is 0 Å². The number of hydrogen-bond acceptors (Lipinski definition) is 5. The Hall–Kier alpha value is -2.56. The molecular formula is C20H27IN6O2. The van der Waals surface area contributed by atoms with E-state index in [9.17, 15) is 0 Å². The van der Waals surface area contributed by atoms with Crippen LogP contribution in [0.1, 0.15) is 17.8 Å². The molecule has 0 saturated carbocycles. The topological polar surface area (TPSA) is 85.1 Å². The van der Waals surface area contributed by atoms with E-state index in [0.29, 0.717) is 6.54 Å². The van der Waals surface area contributed by atoms with Gasteiger partial charge in [-0.2, -0.15) is 0 Å². The van der Waals surface area contributed by atoms with E-state index in [1.807, 2.05) is 47.0 Å². The number of aromatic nitrogens is 3. The summed E-state index contributed by atoms with van der Waals surface area (Å²) in [6.45, 7) is 1.38. The molecule has 0 fully saturated rings. The molecule has 0 unspecified atom stereocenters. The Morgan fingerprint density at radius 3 is 2.72 bits per heavy atom. The van der Waals surface area contributed by atoms with E-state index in [2.05, 4.69) is 25.8 Å². The van der Waals surface area contributed by atoms with Crippen LogP contribution in [0.25, 0.3) is 5.65 Å². The Bertz CT molecular complexity index is 944. The van der Waals surface area contributed by atoms with Crippen molar-refractivity contribution in [3.8, 4) is 11.5 Å². The van der Waals surface area contributed by atoms with E-state index in [1.54, 1.807) is 21.3 Å². The number of pyridine rings is 1. The second-order valence-electron chi connectivity index (χ2n) is 6.18. The molecule has 0 bridgehead atoms. The molecule has 3 rings (SSSR count). The molecule has 2 aromatic heterocycles. The fourth-order valence-corrected chi connectivity index (χ4v) is 2.91. The Morgan fingerprint density at radius 2 is 1.97 bits per heavy atom. The molecule has 1 aromatic carbocycles. The molecule has 156 valence electrons. The third-order valence-corrected chi connectivity index (χ3v) is 4.42. The van der Waals surface area contributed by atoms with Crippen molar-refractivity contribution in [3.05, 3.63) is 54.0 Å². The number of fused-ring (bicyclic) bond motifs is 1. The van der Waals surface area contributed by atoms with Crippen LogP contribution < -0.4 is 20.1 Å². The van der Waals surface area contributed by atoms with E-state index in [1.165, 1.54) is 0 Å². The maximum atomic E-state index is 5.43. The van der Waals surface area contributed by atoms with Crippen LogP contribution in [-0.4, -0.2) is 48.4 Å². The van der Waals surface area contributed by atoms with Gasteiger partial charge in [0.25, 0.3) is 0 Å². The maximum Gasteiger partial charge on any atom is 0.191 e. The molecule has 2 N–H and O–H groups in total. The Labute approximate surface area is 187 Å². The summed E-state index contributed by atoms with van der Waals surface area (Å²) in [5.41, 5.74) is 1.90. The molecule has 9 heteroatoms. The van der Waals surface area contributed by atoms with Gasteiger partial charge in [0.2, 0.25) is 0 Å². The minimum absolute atomic E-state index is 0. The largest absolute Gasteiger partial charge is 0.497 e. The van der Waals surface area contributed by atoms with E-state index < -0.39 is 0 Å². The van der Waals surface area contributed by atoms with Crippen molar-refractivity contribution in [2.75, 3.05) is 27.8 Å². The van der Waals surface area contributed by atoms with Gasteiger partial charge in [0, 0.05) is 44.4 Å². The summed E-state index contributed by atoms with van der Waals surface area (Å²) in [5.74, 6) is 3.25. The van der Waals surface area contributed by atoms with Gasteiger partial charge in [-0.1, -0.05) is 6.07 Å². The number of hydrogen-bond donors (Lipinski definition) is 2. The third kappa shape index (κ3) is 5.96. The lowest BCUT2D eigenvalue weighted by Crippen LogP contribution is -2.37. The molecule has 0 aliphatic heterocycles. The molecule has 29 heavy (non-hydrogen) atoms. The SMILES string of the molecule is CN=C(NCCCc1nnc2ccccn12)NCc1ccc(OC)cc1OC.I. The number of ether oxygens (including phenoxy) is 2. The minimum atomic E-state index is 0. The first kappa shape index (κ1) is 22.7. The van der Waals surface area contributed by atoms with E-state index in [-0.39, 0.29) is 24.0 Å². The van der Waals surface area contributed by atoms with Gasteiger partial charge in [0.1, 0.15) is 17.3 Å². The van der Waals surface area contributed by atoms with E-state index in [4.69, 9.17) is 9.47 Å². The molecule has 2 heterocycles. The van der Waals surface area contributed by atoms with Crippen molar-refractivity contribution in [1.29, 1.82) is 0 Å². The number of halogens is 1. The Morgan fingerprint density at radius 1 is 1.10 bits per heavy atom. The van der Waals surface area contributed by atoms with Crippen LogP contribution >= 0.6 is 24.0 Å². The molecule has 0 spiro atoms. The fraction of sp³-hybridized carbons (Fsp3) is 0.350. The molecule has 0 amide bonds. The van der Waals surface area contributed by atoms with Gasteiger partial charge < -0.3 is 20.1 Å². The van der Waals surface area contributed by atoms with Crippen LogP contribution in [-0.2, 0) is 13.0 Å². The summed E-state index contributed by atoms with van der Waals surface area (Å²) in [7, 11) is 5.05. The van der Waals surface area contributed by atoms with E-state index >= 15 is 0 Å². The minimum Gasteiger partial charge on any atom is -0.497 e. The van der Waals surface area contributed by atoms with Gasteiger partial charge >= 0.3 is 0 Å². The summed E-state index contributed by atoms with van der Waals surface area (Å²) in [6.07, 6.45) is 3.74. The number of nitrogens with one attached hydrogen (secondary N) is 2. The molecule has 8 nitrogen and oxygen atoms in total. The van der Waals surface area contributed by atoms with Gasteiger partial charge in [-0.15, -0.1) is 34.2 Å². The summed E-state index contributed by atoms with van der Waals surface area (Å²) < 4.78 is 12.7. The van der Waals surface area contributed by atoms with Gasteiger partial charge in [-0.3, -0.25) is 9.39 Å². The first-order valence-electron chi connectivity index (χ1n) is 9.19. The van der Waals surface area contributed by atoms with Crippen LogP contribution in [0.5, 0.6) is 11.5 Å². The van der Waals surface area contributed by atoms with Crippen LogP contribution in [0.2, 0.25) is 0 Å². The molecule has 3 aromatic rings. The molecule has 0 saturated heterocycles. The predicted octanol–water partition coefficient (Wildman–Crippen LogP) is 2.66. The number of methoxy groups -OCH3 is 2. The van der Waals surface area contributed by atoms with Gasteiger partial charge in [-0.05, 0) is 30.7 Å². The predicted molar refractivity (Wildman–Crippen MR) is 124 cm³/mol. The summed E-state index contributed by atoms with van der Waals surface area (Å²) in [4.78, 5) is 4.27. The smallest absolute Gasteiger partial charge is 0.191 e. The van der Waals surface area contributed by atoms with Crippen molar-refractivity contribution < 1.29 is 9.47 Å². The standard InChI is InChI=1S/C20H26N6O2.HI/c1-21-20(23-14-15-9-10-16(27-2)13-17(15)28-3)22-11-6-8-19-25-24-18-7-4-5-12-26(18)19;/h4-5,7,9-10,12-13H,6,8,11,14H2,1-3H3,(H2,21,22,23);1H. The molecule has 0 atom stereocenters. The lowest BCUT2D eigenvalue weighted by Gasteiger charge is -2.14. The highest BCUT2D eigenvalue weighted by Gasteiger charge is 2.07.